The van der Waals surface area contributed by atoms with Crippen LogP contribution in [0.4, 0.5) is 8.78 Å². The Labute approximate surface area is 156 Å². The minimum atomic E-state index is -0.638. The summed E-state index contributed by atoms with van der Waals surface area (Å²) in [5, 5.41) is 7.56. The largest absolute Gasteiger partial charge is 0.378 e. The Morgan fingerprint density at radius 3 is 2.48 bits per heavy atom. The van der Waals surface area contributed by atoms with Crippen molar-refractivity contribution >= 4 is 0 Å². The fourth-order valence-corrected chi connectivity index (χ4v) is 4.17. The number of nitrogens with zero attached hydrogens (tertiary/aromatic N) is 1. The number of fused-ring (bicyclic) bond motifs is 2. The molecule has 3 fully saturated rings. The van der Waals surface area contributed by atoms with Gasteiger partial charge in [0.1, 0.15) is 23.1 Å². The highest BCUT2D eigenvalue weighted by Crippen LogP contribution is 2.45. The normalized spacial score (nSPS) is 27.7. The molecule has 2 aliphatic heterocycles. The quantitative estimate of drug-likeness (QED) is 0.865. The van der Waals surface area contributed by atoms with Gasteiger partial charge < -0.3 is 19.3 Å². The summed E-state index contributed by atoms with van der Waals surface area (Å²) in [4.78, 5) is 0. The summed E-state index contributed by atoms with van der Waals surface area (Å²) in [7, 11) is 0. The zero-order valence-corrected chi connectivity index (χ0v) is 14.9. The van der Waals surface area contributed by atoms with Crippen molar-refractivity contribution in [3.05, 3.63) is 41.2 Å². The Morgan fingerprint density at radius 2 is 1.81 bits per heavy atom. The smallest absolute Gasteiger partial charge is 0.145 e. The highest BCUT2D eigenvalue weighted by atomic mass is 19.1. The van der Waals surface area contributed by atoms with Crippen molar-refractivity contribution in [1.29, 1.82) is 0 Å². The number of nitrogens with one attached hydrogen (secondary N) is 1. The van der Waals surface area contributed by atoms with Gasteiger partial charge in [-0.05, 0) is 37.8 Å². The van der Waals surface area contributed by atoms with Crippen LogP contribution >= 0.6 is 0 Å². The zero-order valence-electron chi connectivity index (χ0n) is 14.9. The van der Waals surface area contributed by atoms with E-state index in [0.29, 0.717) is 36.6 Å². The molecule has 3 heterocycles. The maximum atomic E-state index is 14.3. The second-order valence-corrected chi connectivity index (χ2v) is 7.75. The SMILES string of the molecule is Fc1cccc(F)c1-c1noc(C2CC2)c1COC1CC2COCC(C1)N2. The fraction of sp³-hybridized carbons (Fsp3) is 0.550. The number of hydrogen-bond donors (Lipinski definition) is 1. The van der Waals surface area contributed by atoms with Crippen LogP contribution in [0.25, 0.3) is 11.3 Å². The molecule has 7 heteroatoms. The number of halogens is 2. The van der Waals surface area contributed by atoms with Gasteiger partial charge in [0.2, 0.25) is 0 Å². The molecule has 1 N–H and O–H groups in total. The number of ether oxygens (including phenoxy) is 2. The van der Waals surface area contributed by atoms with Crippen molar-refractivity contribution in [3.8, 4) is 11.3 Å². The van der Waals surface area contributed by atoms with E-state index in [9.17, 15) is 8.78 Å². The topological polar surface area (TPSA) is 56.5 Å². The number of piperidine rings is 1. The second-order valence-electron chi connectivity index (χ2n) is 7.75. The molecular weight excluding hydrogens is 354 g/mol. The van der Waals surface area contributed by atoms with Gasteiger partial charge in [0.15, 0.2) is 0 Å². The number of benzene rings is 1. The summed E-state index contributed by atoms with van der Waals surface area (Å²) in [5.74, 6) is -0.286. The van der Waals surface area contributed by atoms with Gasteiger partial charge in [-0.25, -0.2) is 8.78 Å². The van der Waals surface area contributed by atoms with E-state index in [0.717, 1.165) is 25.7 Å². The van der Waals surface area contributed by atoms with Gasteiger partial charge in [-0.15, -0.1) is 0 Å². The van der Waals surface area contributed by atoms with E-state index in [2.05, 4.69) is 10.5 Å². The molecule has 2 bridgehead atoms. The summed E-state index contributed by atoms with van der Waals surface area (Å²) in [6.07, 6.45) is 3.84. The molecule has 144 valence electrons. The van der Waals surface area contributed by atoms with E-state index in [1.165, 1.54) is 18.2 Å². The van der Waals surface area contributed by atoms with Crippen LogP contribution in [0.5, 0.6) is 0 Å². The molecule has 1 aromatic heterocycles. The summed E-state index contributed by atoms with van der Waals surface area (Å²) in [6.45, 7) is 1.65. The molecule has 2 unspecified atom stereocenters. The average molecular weight is 376 g/mol. The third-order valence-corrected chi connectivity index (χ3v) is 5.63. The maximum Gasteiger partial charge on any atom is 0.145 e. The van der Waals surface area contributed by atoms with Crippen molar-refractivity contribution in [3.63, 3.8) is 0 Å². The first kappa shape index (κ1) is 17.3. The average Bonchev–Trinajstić information content (AvgIpc) is 3.41. The summed E-state index contributed by atoms with van der Waals surface area (Å²) < 4.78 is 45.9. The van der Waals surface area contributed by atoms with Crippen LogP contribution in [-0.4, -0.2) is 36.6 Å². The predicted octanol–water partition coefficient (Wildman–Crippen LogP) is 3.53. The first-order valence-corrected chi connectivity index (χ1v) is 9.57. The lowest BCUT2D eigenvalue weighted by Crippen LogP contribution is -2.55. The summed E-state index contributed by atoms with van der Waals surface area (Å²) in [6, 6.07) is 4.43. The second kappa shape index (κ2) is 6.96. The molecule has 27 heavy (non-hydrogen) atoms. The third-order valence-electron chi connectivity index (χ3n) is 5.63. The molecule has 0 radical (unpaired) electrons. The molecule has 2 atom stereocenters. The third kappa shape index (κ3) is 3.39. The van der Waals surface area contributed by atoms with E-state index in [4.69, 9.17) is 14.0 Å². The molecule has 5 rings (SSSR count). The van der Waals surface area contributed by atoms with Crippen LogP contribution in [0.3, 0.4) is 0 Å². The number of aromatic nitrogens is 1. The van der Waals surface area contributed by atoms with E-state index < -0.39 is 11.6 Å². The van der Waals surface area contributed by atoms with Crippen molar-refractivity contribution in [2.24, 2.45) is 0 Å². The van der Waals surface area contributed by atoms with Gasteiger partial charge in [0, 0.05) is 23.6 Å². The van der Waals surface area contributed by atoms with Crippen LogP contribution in [0.2, 0.25) is 0 Å². The standard InChI is InChI=1S/C20H22F2N2O3/c21-16-2-1-3-17(22)18(16)19-15(20(27-24-19)11-4-5-11)10-26-14-6-12-8-25-9-13(7-14)23-12/h1-3,11-14,23H,4-10H2. The van der Waals surface area contributed by atoms with Crippen LogP contribution in [0.15, 0.2) is 22.7 Å². The molecule has 1 saturated carbocycles. The first-order chi connectivity index (χ1) is 13.2. The lowest BCUT2D eigenvalue weighted by Gasteiger charge is -2.39. The minimum Gasteiger partial charge on any atom is -0.378 e. The Morgan fingerprint density at radius 1 is 1.11 bits per heavy atom. The lowest BCUT2D eigenvalue weighted by atomic mass is 9.94. The zero-order chi connectivity index (χ0) is 18.4. The van der Waals surface area contributed by atoms with Gasteiger partial charge in [-0.1, -0.05) is 11.2 Å². The van der Waals surface area contributed by atoms with Gasteiger partial charge in [0.05, 0.1) is 31.5 Å². The molecule has 5 nitrogen and oxygen atoms in total. The van der Waals surface area contributed by atoms with Crippen LogP contribution in [-0.2, 0) is 16.1 Å². The van der Waals surface area contributed by atoms with Gasteiger partial charge in [-0.3, -0.25) is 0 Å². The molecule has 3 aliphatic rings. The lowest BCUT2D eigenvalue weighted by molar-refractivity contribution is -0.0542. The van der Waals surface area contributed by atoms with Crippen molar-refractivity contribution in [1.82, 2.24) is 10.5 Å². The molecule has 1 aliphatic carbocycles. The van der Waals surface area contributed by atoms with Crippen molar-refractivity contribution in [2.45, 2.75) is 56.4 Å². The van der Waals surface area contributed by atoms with Crippen molar-refractivity contribution in [2.75, 3.05) is 13.2 Å². The van der Waals surface area contributed by atoms with E-state index in [1.807, 2.05) is 0 Å². The summed E-state index contributed by atoms with van der Waals surface area (Å²) >= 11 is 0. The van der Waals surface area contributed by atoms with Crippen LogP contribution in [0.1, 0.15) is 42.9 Å². The Balaban J connectivity index is 1.40. The summed E-state index contributed by atoms with van der Waals surface area (Å²) in [5.41, 5.74) is 0.772. The number of rotatable bonds is 5. The number of hydrogen-bond acceptors (Lipinski definition) is 5. The molecule has 2 saturated heterocycles. The highest BCUT2D eigenvalue weighted by molar-refractivity contribution is 5.65. The maximum absolute atomic E-state index is 14.3. The minimum absolute atomic E-state index is 0.0884. The monoisotopic (exact) mass is 376 g/mol. The van der Waals surface area contributed by atoms with E-state index in [1.54, 1.807) is 0 Å². The molecule has 1 aromatic carbocycles. The predicted molar refractivity (Wildman–Crippen MR) is 93.2 cm³/mol. The van der Waals surface area contributed by atoms with E-state index >= 15 is 0 Å². The molecule has 2 aromatic rings. The van der Waals surface area contributed by atoms with Crippen LogP contribution < -0.4 is 5.32 Å². The highest BCUT2D eigenvalue weighted by Gasteiger charge is 2.36. The van der Waals surface area contributed by atoms with Gasteiger partial charge in [0.25, 0.3) is 0 Å². The first-order valence-electron chi connectivity index (χ1n) is 9.57. The van der Waals surface area contributed by atoms with Gasteiger partial charge >= 0.3 is 0 Å². The molecule has 0 amide bonds. The fourth-order valence-electron chi connectivity index (χ4n) is 4.17. The van der Waals surface area contributed by atoms with E-state index in [-0.39, 0.29) is 29.9 Å². The molecule has 0 spiro atoms. The Bertz CT molecular complexity index is 804. The van der Waals surface area contributed by atoms with Gasteiger partial charge in [-0.2, -0.15) is 0 Å². The van der Waals surface area contributed by atoms with Crippen LogP contribution in [0, 0.1) is 11.6 Å². The number of morpholine rings is 1. The van der Waals surface area contributed by atoms with Crippen molar-refractivity contribution < 1.29 is 22.8 Å². The Kier molecular flexibility index (Phi) is 4.46. The molecular formula is C20H22F2N2O3. The Hall–Kier alpha value is -1.83.